The highest BCUT2D eigenvalue weighted by atomic mass is 35.5. The molecule has 0 saturated carbocycles. The van der Waals surface area contributed by atoms with Crippen molar-refractivity contribution in [1.29, 1.82) is 0 Å². The van der Waals surface area contributed by atoms with E-state index in [-0.39, 0.29) is 16.4 Å². The minimum Gasteiger partial charge on any atom is -0.449 e. The first-order chi connectivity index (χ1) is 12.8. The van der Waals surface area contributed by atoms with E-state index in [0.29, 0.717) is 11.3 Å². The average molecular weight is 390 g/mol. The van der Waals surface area contributed by atoms with Gasteiger partial charge in [0.2, 0.25) is 0 Å². The summed E-state index contributed by atoms with van der Waals surface area (Å²) in [6, 6.07) is 10.5. The Hall–Kier alpha value is -2.99. The summed E-state index contributed by atoms with van der Waals surface area (Å²) >= 11 is 5.86. The predicted molar refractivity (Wildman–Crippen MR) is 101 cm³/mol. The number of anilines is 1. The van der Waals surface area contributed by atoms with E-state index in [9.17, 15) is 18.8 Å². The number of hydrogen-bond donors (Lipinski definition) is 1. The summed E-state index contributed by atoms with van der Waals surface area (Å²) in [4.78, 5) is 35.4. The molecule has 0 bridgehead atoms. The zero-order chi connectivity index (χ0) is 20.0. The van der Waals surface area contributed by atoms with Gasteiger partial charge in [-0.25, -0.2) is 9.18 Å². The van der Waals surface area contributed by atoms with Crippen LogP contribution in [0.4, 0.5) is 10.1 Å². The number of amides is 1. The molecular formula is C20H17ClFNO4. The van der Waals surface area contributed by atoms with Gasteiger partial charge in [0, 0.05) is 22.9 Å². The van der Waals surface area contributed by atoms with Crippen LogP contribution < -0.4 is 5.32 Å². The quantitative estimate of drug-likeness (QED) is 0.455. The molecule has 5 nitrogen and oxygen atoms in total. The second-order valence-electron chi connectivity index (χ2n) is 5.67. The van der Waals surface area contributed by atoms with Crippen molar-refractivity contribution >= 4 is 41.0 Å². The van der Waals surface area contributed by atoms with Crippen LogP contribution in [0.25, 0.3) is 6.08 Å². The zero-order valence-corrected chi connectivity index (χ0v) is 15.4. The molecule has 7 heteroatoms. The Kier molecular flexibility index (Phi) is 6.85. The number of rotatable bonds is 6. The maximum Gasteiger partial charge on any atom is 0.331 e. The Balaban J connectivity index is 1.97. The van der Waals surface area contributed by atoms with E-state index in [4.69, 9.17) is 16.3 Å². The molecule has 0 fully saturated rings. The highest BCUT2D eigenvalue weighted by molar-refractivity contribution is 6.32. The Morgan fingerprint density at radius 2 is 1.89 bits per heavy atom. The van der Waals surface area contributed by atoms with Gasteiger partial charge in [-0.1, -0.05) is 29.8 Å². The first-order valence-electron chi connectivity index (χ1n) is 8.02. The van der Waals surface area contributed by atoms with E-state index in [1.165, 1.54) is 44.2 Å². The molecule has 0 spiro atoms. The third-order valence-electron chi connectivity index (χ3n) is 3.58. The van der Waals surface area contributed by atoms with Crippen LogP contribution in [0.1, 0.15) is 29.8 Å². The first kappa shape index (κ1) is 20.3. The largest absolute Gasteiger partial charge is 0.449 e. The number of carbonyl (C=O) groups is 3. The molecule has 2 aromatic rings. The molecule has 2 rings (SSSR count). The number of carbonyl (C=O) groups excluding carboxylic acids is 3. The first-order valence-corrected chi connectivity index (χ1v) is 8.40. The summed E-state index contributed by atoms with van der Waals surface area (Å²) < 4.78 is 18.6. The smallest absolute Gasteiger partial charge is 0.331 e. The van der Waals surface area contributed by atoms with Crippen molar-refractivity contribution in [2.75, 3.05) is 5.32 Å². The Morgan fingerprint density at radius 1 is 1.19 bits per heavy atom. The maximum absolute atomic E-state index is 13.6. The molecule has 0 aromatic heterocycles. The normalized spacial score (nSPS) is 11.9. The predicted octanol–water partition coefficient (Wildman–Crippen LogP) is 4.27. The number of benzene rings is 2. The van der Waals surface area contributed by atoms with E-state index in [0.717, 1.165) is 6.08 Å². The summed E-state index contributed by atoms with van der Waals surface area (Å²) in [5, 5.41) is 2.71. The number of esters is 1. The van der Waals surface area contributed by atoms with Gasteiger partial charge in [0.15, 0.2) is 11.9 Å². The molecule has 2 aromatic carbocycles. The maximum atomic E-state index is 13.6. The third-order valence-corrected chi connectivity index (χ3v) is 3.91. The standard InChI is InChI=1S/C20H17ClFNO4/c1-12(24)14-5-3-6-15(11-14)23-20(26)13(2)27-19(25)10-9-16-17(21)7-4-8-18(16)22/h3-11,13H,1-2H3,(H,23,26)/b10-9+/t13-/m1/s1. The second kappa shape index (κ2) is 9.09. The Bertz CT molecular complexity index is 890. The monoisotopic (exact) mass is 389 g/mol. The van der Waals surface area contributed by atoms with Gasteiger partial charge in [-0.3, -0.25) is 9.59 Å². The molecule has 0 aliphatic heterocycles. The van der Waals surface area contributed by atoms with Crippen LogP contribution >= 0.6 is 11.6 Å². The van der Waals surface area contributed by atoms with Gasteiger partial charge in [0.1, 0.15) is 5.82 Å². The van der Waals surface area contributed by atoms with Gasteiger partial charge in [-0.15, -0.1) is 0 Å². The van der Waals surface area contributed by atoms with Gasteiger partial charge >= 0.3 is 5.97 Å². The van der Waals surface area contributed by atoms with Crippen molar-refractivity contribution in [1.82, 2.24) is 0 Å². The number of halogens is 2. The number of ketones is 1. The lowest BCUT2D eigenvalue weighted by molar-refractivity contribution is -0.148. The summed E-state index contributed by atoms with van der Waals surface area (Å²) in [6.45, 7) is 2.81. The van der Waals surface area contributed by atoms with E-state index < -0.39 is 23.8 Å². The molecule has 1 N–H and O–H groups in total. The molecule has 0 aliphatic carbocycles. The lowest BCUT2D eigenvalue weighted by atomic mass is 10.1. The van der Waals surface area contributed by atoms with Gasteiger partial charge < -0.3 is 10.1 Å². The molecule has 0 heterocycles. The van der Waals surface area contributed by atoms with Crippen LogP contribution in [-0.4, -0.2) is 23.8 Å². The second-order valence-corrected chi connectivity index (χ2v) is 6.08. The minimum absolute atomic E-state index is 0.0502. The van der Waals surface area contributed by atoms with Crippen molar-refractivity contribution in [3.8, 4) is 0 Å². The summed E-state index contributed by atoms with van der Waals surface area (Å²) in [6.07, 6.45) is 1.07. The fourth-order valence-corrected chi connectivity index (χ4v) is 2.37. The minimum atomic E-state index is -1.10. The lowest BCUT2D eigenvalue weighted by Gasteiger charge is -2.12. The summed E-state index contributed by atoms with van der Waals surface area (Å²) in [5.74, 6) is -2.11. The highest BCUT2D eigenvalue weighted by Crippen LogP contribution is 2.20. The summed E-state index contributed by atoms with van der Waals surface area (Å²) in [5.41, 5.74) is 0.903. The highest BCUT2D eigenvalue weighted by Gasteiger charge is 2.17. The van der Waals surface area contributed by atoms with Crippen LogP contribution in [0.3, 0.4) is 0 Å². The van der Waals surface area contributed by atoms with E-state index in [2.05, 4.69) is 5.32 Å². The molecule has 0 unspecified atom stereocenters. The van der Waals surface area contributed by atoms with Crippen LogP contribution in [0.2, 0.25) is 5.02 Å². The van der Waals surface area contributed by atoms with Crippen LogP contribution in [-0.2, 0) is 14.3 Å². The zero-order valence-electron chi connectivity index (χ0n) is 14.7. The van der Waals surface area contributed by atoms with E-state index >= 15 is 0 Å². The molecule has 0 radical (unpaired) electrons. The van der Waals surface area contributed by atoms with Crippen molar-refractivity contribution < 1.29 is 23.5 Å². The van der Waals surface area contributed by atoms with Gasteiger partial charge in [-0.2, -0.15) is 0 Å². The molecular weight excluding hydrogens is 373 g/mol. The molecule has 0 saturated heterocycles. The average Bonchev–Trinajstić information content (AvgIpc) is 2.61. The Labute approximate surface area is 160 Å². The number of nitrogens with one attached hydrogen (secondary N) is 1. The Morgan fingerprint density at radius 3 is 2.56 bits per heavy atom. The topological polar surface area (TPSA) is 72.5 Å². The van der Waals surface area contributed by atoms with Crippen molar-refractivity contribution in [2.45, 2.75) is 20.0 Å². The molecule has 27 heavy (non-hydrogen) atoms. The van der Waals surface area contributed by atoms with Gasteiger partial charge in [0.25, 0.3) is 5.91 Å². The van der Waals surface area contributed by atoms with E-state index in [1.807, 2.05) is 0 Å². The SMILES string of the molecule is CC(=O)c1cccc(NC(=O)[C@@H](C)OC(=O)/C=C/c2c(F)cccc2Cl)c1. The van der Waals surface area contributed by atoms with Crippen LogP contribution in [0.5, 0.6) is 0 Å². The van der Waals surface area contributed by atoms with Crippen molar-refractivity contribution in [2.24, 2.45) is 0 Å². The molecule has 140 valence electrons. The van der Waals surface area contributed by atoms with Crippen molar-refractivity contribution in [3.05, 3.63) is 70.5 Å². The van der Waals surface area contributed by atoms with Gasteiger partial charge in [-0.05, 0) is 44.2 Å². The summed E-state index contributed by atoms with van der Waals surface area (Å²) in [7, 11) is 0. The molecule has 1 amide bonds. The van der Waals surface area contributed by atoms with Gasteiger partial charge in [0.05, 0.1) is 5.02 Å². The molecule has 0 aliphatic rings. The lowest BCUT2D eigenvalue weighted by Crippen LogP contribution is -2.29. The number of Topliss-reactive ketones (excluding diaryl/α,β-unsaturated/α-hetero) is 1. The molecule has 1 atom stereocenters. The van der Waals surface area contributed by atoms with Crippen molar-refractivity contribution in [3.63, 3.8) is 0 Å². The van der Waals surface area contributed by atoms with Crippen LogP contribution in [0.15, 0.2) is 48.5 Å². The fraction of sp³-hybridized carbons (Fsp3) is 0.150. The fourth-order valence-electron chi connectivity index (χ4n) is 2.15. The third kappa shape index (κ3) is 5.76. The number of hydrogen-bond acceptors (Lipinski definition) is 4. The van der Waals surface area contributed by atoms with Crippen LogP contribution in [0, 0.1) is 5.82 Å². The number of ether oxygens (including phenoxy) is 1. The van der Waals surface area contributed by atoms with E-state index in [1.54, 1.807) is 18.2 Å².